The van der Waals surface area contributed by atoms with Gasteiger partial charge >= 0.3 is 0 Å². The van der Waals surface area contributed by atoms with Crippen LogP contribution in [-0.4, -0.2) is 55.9 Å². The second-order valence-electron chi connectivity index (χ2n) is 8.20. The van der Waals surface area contributed by atoms with E-state index in [0.29, 0.717) is 17.8 Å². The number of nitrogens with zero attached hydrogens (tertiary/aromatic N) is 6. The van der Waals surface area contributed by atoms with Crippen LogP contribution in [0.25, 0.3) is 5.65 Å². The number of amides is 1. The Morgan fingerprint density at radius 3 is 2.77 bits per heavy atom. The fraction of sp³-hybridized carbons (Fsp3) is 0.476. The van der Waals surface area contributed by atoms with Crippen LogP contribution in [0.3, 0.4) is 0 Å². The number of hydrogen-bond donors (Lipinski definition) is 2. The number of anilines is 2. The summed E-state index contributed by atoms with van der Waals surface area (Å²) in [6.07, 6.45) is 7.97. The van der Waals surface area contributed by atoms with Crippen LogP contribution in [0, 0.1) is 19.8 Å². The van der Waals surface area contributed by atoms with Gasteiger partial charge in [-0.15, -0.1) is 0 Å². The summed E-state index contributed by atoms with van der Waals surface area (Å²) < 4.78 is 1.86. The van der Waals surface area contributed by atoms with E-state index in [1.54, 1.807) is 12.4 Å². The maximum absolute atomic E-state index is 12.6. The SMILES string of the molecule is Cc1cn2cc(NC(=O)c3cnc(N4CCC(CNC(C)C)C4)cn3)nc(C)c2n1. The van der Waals surface area contributed by atoms with Crippen LogP contribution in [0.5, 0.6) is 0 Å². The lowest BCUT2D eigenvalue weighted by molar-refractivity contribution is 0.102. The molecule has 1 amide bonds. The smallest absolute Gasteiger partial charge is 0.277 e. The molecule has 4 rings (SSSR count). The number of aryl methyl sites for hydroxylation is 2. The van der Waals surface area contributed by atoms with Crippen molar-refractivity contribution in [2.45, 2.75) is 40.2 Å². The highest BCUT2D eigenvalue weighted by atomic mass is 16.1. The summed E-state index contributed by atoms with van der Waals surface area (Å²) in [6, 6.07) is 0.494. The lowest BCUT2D eigenvalue weighted by Gasteiger charge is -2.18. The Labute approximate surface area is 176 Å². The van der Waals surface area contributed by atoms with E-state index >= 15 is 0 Å². The highest BCUT2D eigenvalue weighted by Crippen LogP contribution is 2.21. The molecule has 9 heteroatoms. The number of aromatic nitrogens is 5. The summed E-state index contributed by atoms with van der Waals surface area (Å²) in [5, 5.41) is 6.30. The summed E-state index contributed by atoms with van der Waals surface area (Å²) in [5.74, 6) is 1.53. The van der Waals surface area contributed by atoms with Gasteiger partial charge in [0.2, 0.25) is 0 Å². The van der Waals surface area contributed by atoms with E-state index in [1.165, 1.54) is 6.20 Å². The Balaban J connectivity index is 1.40. The van der Waals surface area contributed by atoms with Gasteiger partial charge in [0.1, 0.15) is 17.3 Å². The molecule has 0 radical (unpaired) electrons. The molecule has 1 saturated heterocycles. The van der Waals surface area contributed by atoms with Crippen LogP contribution in [-0.2, 0) is 0 Å². The average molecular weight is 409 g/mol. The number of imidazole rings is 1. The lowest BCUT2D eigenvalue weighted by atomic mass is 10.1. The zero-order valence-electron chi connectivity index (χ0n) is 17.9. The van der Waals surface area contributed by atoms with E-state index in [1.807, 2.05) is 24.4 Å². The van der Waals surface area contributed by atoms with Crippen molar-refractivity contribution < 1.29 is 4.79 Å². The fourth-order valence-corrected chi connectivity index (χ4v) is 3.73. The molecule has 3 aromatic heterocycles. The number of carbonyl (C=O) groups is 1. The van der Waals surface area contributed by atoms with Crippen molar-refractivity contribution in [1.82, 2.24) is 29.7 Å². The maximum Gasteiger partial charge on any atom is 0.277 e. The molecule has 0 spiro atoms. The number of rotatable bonds is 6. The van der Waals surface area contributed by atoms with Crippen LogP contribution in [0.4, 0.5) is 11.6 Å². The Morgan fingerprint density at radius 1 is 1.20 bits per heavy atom. The van der Waals surface area contributed by atoms with Gasteiger partial charge in [0.25, 0.3) is 5.91 Å². The zero-order chi connectivity index (χ0) is 21.3. The van der Waals surface area contributed by atoms with Crippen molar-refractivity contribution in [3.05, 3.63) is 41.9 Å². The molecule has 2 N–H and O–H groups in total. The van der Waals surface area contributed by atoms with E-state index in [4.69, 9.17) is 0 Å². The molecule has 9 nitrogen and oxygen atoms in total. The normalized spacial score (nSPS) is 16.6. The third kappa shape index (κ3) is 4.40. The van der Waals surface area contributed by atoms with Gasteiger partial charge in [-0.1, -0.05) is 13.8 Å². The fourth-order valence-electron chi connectivity index (χ4n) is 3.73. The quantitative estimate of drug-likeness (QED) is 0.645. The van der Waals surface area contributed by atoms with E-state index < -0.39 is 0 Å². The molecule has 1 aliphatic heterocycles. The van der Waals surface area contributed by atoms with Crippen LogP contribution in [0.2, 0.25) is 0 Å². The number of fused-ring (bicyclic) bond motifs is 1. The molecular formula is C21H28N8O. The summed E-state index contributed by atoms with van der Waals surface area (Å²) in [4.78, 5) is 32.5. The number of carbonyl (C=O) groups excluding carboxylic acids is 1. The molecule has 0 aliphatic carbocycles. The van der Waals surface area contributed by atoms with E-state index in [0.717, 1.165) is 48.9 Å². The van der Waals surface area contributed by atoms with Crippen molar-refractivity contribution in [1.29, 1.82) is 0 Å². The molecule has 1 aliphatic rings. The van der Waals surface area contributed by atoms with E-state index in [-0.39, 0.29) is 11.6 Å². The highest BCUT2D eigenvalue weighted by molar-refractivity contribution is 6.02. The van der Waals surface area contributed by atoms with E-state index in [9.17, 15) is 4.79 Å². The summed E-state index contributed by atoms with van der Waals surface area (Å²) >= 11 is 0. The molecule has 4 heterocycles. The van der Waals surface area contributed by atoms with Crippen LogP contribution < -0.4 is 15.5 Å². The molecule has 1 atom stereocenters. The Hall–Kier alpha value is -3.07. The first kappa shape index (κ1) is 20.2. The van der Waals surface area contributed by atoms with Gasteiger partial charge in [0.05, 0.1) is 30.0 Å². The first-order chi connectivity index (χ1) is 14.4. The van der Waals surface area contributed by atoms with Gasteiger partial charge in [-0.3, -0.25) is 4.79 Å². The molecule has 1 fully saturated rings. The lowest BCUT2D eigenvalue weighted by Crippen LogP contribution is -2.31. The molecule has 3 aromatic rings. The minimum absolute atomic E-state index is 0.261. The van der Waals surface area contributed by atoms with E-state index in [2.05, 4.69) is 49.3 Å². The second-order valence-corrected chi connectivity index (χ2v) is 8.20. The third-order valence-electron chi connectivity index (χ3n) is 5.26. The summed E-state index contributed by atoms with van der Waals surface area (Å²) in [5.41, 5.74) is 2.69. The molecule has 158 valence electrons. The van der Waals surface area contributed by atoms with Crippen molar-refractivity contribution in [2.75, 3.05) is 29.9 Å². The standard InChI is InChI=1S/C21H28N8O/c1-13(2)22-7-16-5-6-28(11-16)19-9-23-17(8-24-19)21(30)27-18-12-29-10-14(3)25-20(29)15(4)26-18/h8-10,12-13,16,22H,5-7,11H2,1-4H3,(H,27,30). The van der Waals surface area contributed by atoms with Crippen molar-refractivity contribution >= 4 is 23.2 Å². The summed E-state index contributed by atoms with van der Waals surface area (Å²) in [6.45, 7) is 11.0. The zero-order valence-corrected chi connectivity index (χ0v) is 17.9. The van der Waals surface area contributed by atoms with Gasteiger partial charge in [-0.05, 0) is 32.7 Å². The Kier molecular flexibility index (Phi) is 5.63. The monoisotopic (exact) mass is 408 g/mol. The minimum atomic E-state index is -0.336. The van der Waals surface area contributed by atoms with Gasteiger partial charge in [0, 0.05) is 25.3 Å². The Bertz CT molecular complexity index is 1040. The molecule has 1 unspecified atom stereocenters. The van der Waals surface area contributed by atoms with Gasteiger partial charge in [-0.2, -0.15) is 0 Å². The van der Waals surface area contributed by atoms with Crippen molar-refractivity contribution in [2.24, 2.45) is 5.92 Å². The van der Waals surface area contributed by atoms with Crippen LogP contribution in [0.1, 0.15) is 42.1 Å². The highest BCUT2D eigenvalue weighted by Gasteiger charge is 2.24. The first-order valence-corrected chi connectivity index (χ1v) is 10.3. The molecular weight excluding hydrogens is 380 g/mol. The topological polar surface area (TPSA) is 100 Å². The second kappa shape index (κ2) is 8.35. The minimum Gasteiger partial charge on any atom is -0.355 e. The van der Waals surface area contributed by atoms with Gasteiger partial charge < -0.3 is 19.9 Å². The molecule has 0 bridgehead atoms. The number of hydrogen-bond acceptors (Lipinski definition) is 7. The van der Waals surface area contributed by atoms with Crippen LogP contribution in [0.15, 0.2) is 24.8 Å². The first-order valence-electron chi connectivity index (χ1n) is 10.3. The average Bonchev–Trinajstić information content (AvgIpc) is 3.33. The molecule has 30 heavy (non-hydrogen) atoms. The largest absolute Gasteiger partial charge is 0.355 e. The Morgan fingerprint density at radius 2 is 2.03 bits per heavy atom. The predicted octanol–water partition coefficient (Wildman–Crippen LogP) is 2.21. The van der Waals surface area contributed by atoms with Gasteiger partial charge in [-0.25, -0.2) is 19.9 Å². The number of nitrogens with one attached hydrogen (secondary N) is 2. The maximum atomic E-state index is 12.6. The summed E-state index contributed by atoms with van der Waals surface area (Å²) in [7, 11) is 0. The van der Waals surface area contributed by atoms with Gasteiger partial charge in [0.15, 0.2) is 5.65 Å². The molecule has 0 aromatic carbocycles. The third-order valence-corrected chi connectivity index (χ3v) is 5.26. The predicted molar refractivity (Wildman–Crippen MR) is 116 cm³/mol. The van der Waals surface area contributed by atoms with Crippen LogP contribution >= 0.6 is 0 Å². The van der Waals surface area contributed by atoms with Crippen molar-refractivity contribution in [3.63, 3.8) is 0 Å². The van der Waals surface area contributed by atoms with Crippen molar-refractivity contribution in [3.8, 4) is 0 Å². The molecule has 0 saturated carbocycles.